The number of ether oxygens (including phenoxy) is 2. The van der Waals surface area contributed by atoms with Crippen molar-refractivity contribution in [3.8, 4) is 0 Å². The number of carbonyl (C=O) groups is 2. The first kappa shape index (κ1) is 19.7. The van der Waals surface area contributed by atoms with E-state index >= 15 is 0 Å². The lowest BCUT2D eigenvalue weighted by atomic mass is 10.2. The van der Waals surface area contributed by atoms with E-state index in [4.69, 9.17) is 9.53 Å². The number of anilines is 1. The maximum Gasteiger partial charge on any atom is 0.410 e. The molecule has 0 spiro atoms. The number of methoxy groups -OCH3 is 1. The van der Waals surface area contributed by atoms with Crippen LogP contribution in [0.15, 0.2) is 18.3 Å². The fraction of sp³-hybridized carbons (Fsp3) is 0.562. The van der Waals surface area contributed by atoms with Crippen molar-refractivity contribution >= 4 is 18.3 Å². The molecule has 1 aromatic heterocycles. The van der Waals surface area contributed by atoms with E-state index in [0.717, 1.165) is 6.42 Å². The Bertz CT molecular complexity index is 548. The van der Waals surface area contributed by atoms with Crippen molar-refractivity contribution in [2.75, 3.05) is 25.5 Å². The van der Waals surface area contributed by atoms with Gasteiger partial charge in [-0.25, -0.2) is 9.78 Å². The molecule has 1 aromatic rings. The lowest BCUT2D eigenvalue weighted by molar-refractivity contribution is -0.126. The number of rotatable bonds is 3. The largest absolute Gasteiger partial charge is 0.471 e. The van der Waals surface area contributed by atoms with Crippen LogP contribution in [0.2, 0.25) is 0 Å². The highest BCUT2D eigenvalue weighted by Gasteiger charge is 2.30. The summed E-state index contributed by atoms with van der Waals surface area (Å²) < 4.78 is 22.6. The van der Waals surface area contributed by atoms with Gasteiger partial charge in [-0.15, -0.1) is 0 Å². The van der Waals surface area contributed by atoms with Gasteiger partial charge in [-0.3, -0.25) is 4.79 Å². The van der Waals surface area contributed by atoms with Crippen molar-refractivity contribution in [2.45, 2.75) is 38.8 Å². The Kier molecular flexibility index (Phi) is 7.41. The van der Waals surface area contributed by atoms with Gasteiger partial charge in [-0.2, -0.15) is 4.39 Å². The molecule has 1 N–H and O–H groups in total. The molecular formula is C16H24FN3O4. The van der Waals surface area contributed by atoms with Gasteiger partial charge < -0.3 is 19.7 Å². The summed E-state index contributed by atoms with van der Waals surface area (Å²) in [7, 11) is 1.31. The van der Waals surface area contributed by atoms with E-state index in [-0.39, 0.29) is 12.1 Å². The summed E-state index contributed by atoms with van der Waals surface area (Å²) in [5, 5.41) is 3.07. The number of nitrogens with zero attached hydrogens (tertiary/aromatic N) is 2. The Hall–Kier alpha value is -2.38. The summed E-state index contributed by atoms with van der Waals surface area (Å²) >= 11 is 0. The minimum Gasteiger partial charge on any atom is -0.471 e. The number of carbonyl (C=O) groups excluding carboxylic acids is 2. The molecule has 1 saturated heterocycles. The summed E-state index contributed by atoms with van der Waals surface area (Å²) in [6.45, 7) is 6.99. The summed E-state index contributed by atoms with van der Waals surface area (Å²) in [4.78, 5) is 26.1. The molecule has 134 valence electrons. The third kappa shape index (κ3) is 6.80. The SMILES string of the molecule is CC(C)(C)OC(=O)N1CC[C@H](Nc2cccnc2F)C1.COC=O. The monoisotopic (exact) mass is 341 g/mol. The van der Waals surface area contributed by atoms with E-state index in [1.165, 1.54) is 13.3 Å². The number of halogens is 1. The molecule has 0 radical (unpaired) electrons. The predicted octanol–water partition coefficient (Wildman–Crippen LogP) is 2.43. The zero-order valence-electron chi connectivity index (χ0n) is 14.4. The van der Waals surface area contributed by atoms with Gasteiger partial charge in [-0.1, -0.05) is 0 Å². The second-order valence-corrected chi connectivity index (χ2v) is 6.23. The molecule has 0 aliphatic carbocycles. The highest BCUT2D eigenvalue weighted by atomic mass is 19.1. The predicted molar refractivity (Wildman–Crippen MR) is 87.1 cm³/mol. The number of hydrogen-bond donors (Lipinski definition) is 1. The second kappa shape index (κ2) is 9.05. The van der Waals surface area contributed by atoms with Crippen molar-refractivity contribution < 1.29 is 23.5 Å². The second-order valence-electron chi connectivity index (χ2n) is 6.23. The van der Waals surface area contributed by atoms with Gasteiger partial charge in [0, 0.05) is 25.3 Å². The van der Waals surface area contributed by atoms with Crippen LogP contribution < -0.4 is 5.32 Å². The molecule has 1 fully saturated rings. The minimum absolute atomic E-state index is 0.0150. The summed E-state index contributed by atoms with van der Waals surface area (Å²) in [6, 6.07) is 3.33. The van der Waals surface area contributed by atoms with Gasteiger partial charge in [0.2, 0.25) is 5.95 Å². The molecule has 7 nitrogen and oxygen atoms in total. The van der Waals surface area contributed by atoms with Crippen molar-refractivity contribution in [1.29, 1.82) is 0 Å². The molecule has 0 unspecified atom stereocenters. The van der Waals surface area contributed by atoms with Crippen LogP contribution in [0.5, 0.6) is 0 Å². The Labute approximate surface area is 141 Å². The molecule has 1 amide bonds. The van der Waals surface area contributed by atoms with Crippen molar-refractivity contribution in [3.05, 3.63) is 24.3 Å². The fourth-order valence-electron chi connectivity index (χ4n) is 2.08. The topological polar surface area (TPSA) is 80.8 Å². The fourth-order valence-corrected chi connectivity index (χ4v) is 2.08. The van der Waals surface area contributed by atoms with E-state index in [0.29, 0.717) is 25.2 Å². The van der Waals surface area contributed by atoms with Crippen molar-refractivity contribution in [1.82, 2.24) is 9.88 Å². The van der Waals surface area contributed by atoms with Crippen LogP contribution in [0.1, 0.15) is 27.2 Å². The van der Waals surface area contributed by atoms with Gasteiger partial charge in [-0.05, 0) is 39.3 Å². The Morgan fingerprint density at radius 1 is 1.50 bits per heavy atom. The zero-order valence-corrected chi connectivity index (χ0v) is 14.4. The number of likely N-dealkylation sites (tertiary alicyclic amines) is 1. The quantitative estimate of drug-likeness (QED) is 0.672. The van der Waals surface area contributed by atoms with Crippen molar-refractivity contribution in [3.63, 3.8) is 0 Å². The number of amides is 1. The zero-order chi connectivity index (χ0) is 18.2. The maximum atomic E-state index is 13.4. The smallest absolute Gasteiger partial charge is 0.410 e. The van der Waals surface area contributed by atoms with E-state index in [1.54, 1.807) is 17.0 Å². The van der Waals surface area contributed by atoms with Crippen LogP contribution >= 0.6 is 0 Å². The standard InChI is InChI=1S/C14H20FN3O2.C2H4O2/c1-14(2,3)20-13(19)18-8-6-10(9-18)17-11-5-4-7-16-12(11)15;1-4-2-3/h4-5,7,10,17H,6,8-9H2,1-3H3;2H,1H3/t10-;/m0./s1. The van der Waals surface area contributed by atoms with Crippen LogP contribution in [0.4, 0.5) is 14.9 Å². The third-order valence-corrected chi connectivity index (χ3v) is 3.05. The van der Waals surface area contributed by atoms with Gasteiger partial charge in [0.25, 0.3) is 6.47 Å². The lowest BCUT2D eigenvalue weighted by Gasteiger charge is -2.24. The highest BCUT2D eigenvalue weighted by Crippen LogP contribution is 2.19. The average molecular weight is 341 g/mol. The van der Waals surface area contributed by atoms with Crippen LogP contribution in [-0.4, -0.2) is 54.3 Å². The third-order valence-electron chi connectivity index (χ3n) is 3.05. The molecule has 2 heterocycles. The van der Waals surface area contributed by atoms with E-state index in [9.17, 15) is 9.18 Å². The Morgan fingerprint density at radius 2 is 2.17 bits per heavy atom. The van der Waals surface area contributed by atoms with E-state index < -0.39 is 11.5 Å². The van der Waals surface area contributed by atoms with Crippen molar-refractivity contribution in [2.24, 2.45) is 0 Å². The molecular weight excluding hydrogens is 317 g/mol. The normalized spacial score (nSPS) is 16.7. The molecule has 8 heteroatoms. The molecule has 1 aliphatic heterocycles. The first-order chi connectivity index (χ1) is 11.3. The number of nitrogens with one attached hydrogen (secondary N) is 1. The minimum atomic E-state index is -0.525. The summed E-state index contributed by atoms with van der Waals surface area (Å²) in [6.07, 6.45) is 1.84. The summed E-state index contributed by atoms with van der Waals surface area (Å²) in [5.74, 6) is -0.525. The Morgan fingerprint density at radius 3 is 2.71 bits per heavy atom. The van der Waals surface area contributed by atoms with Crippen LogP contribution in [0.3, 0.4) is 0 Å². The first-order valence-electron chi connectivity index (χ1n) is 7.58. The summed E-state index contributed by atoms with van der Waals surface area (Å²) in [5.41, 5.74) is -0.138. The number of hydrogen-bond acceptors (Lipinski definition) is 6. The van der Waals surface area contributed by atoms with Crippen LogP contribution in [0, 0.1) is 5.95 Å². The number of pyridine rings is 1. The van der Waals surface area contributed by atoms with Gasteiger partial charge in [0.05, 0.1) is 12.8 Å². The van der Waals surface area contributed by atoms with Gasteiger partial charge >= 0.3 is 6.09 Å². The highest BCUT2D eigenvalue weighted by molar-refractivity contribution is 5.68. The van der Waals surface area contributed by atoms with Gasteiger partial charge in [0.15, 0.2) is 0 Å². The van der Waals surface area contributed by atoms with Gasteiger partial charge in [0.1, 0.15) is 5.60 Å². The van der Waals surface area contributed by atoms with E-state index in [2.05, 4.69) is 15.0 Å². The molecule has 1 atom stereocenters. The lowest BCUT2D eigenvalue weighted by Crippen LogP contribution is -2.36. The van der Waals surface area contributed by atoms with Crippen LogP contribution in [0.25, 0.3) is 0 Å². The first-order valence-corrected chi connectivity index (χ1v) is 7.58. The molecule has 0 saturated carbocycles. The molecule has 2 rings (SSSR count). The van der Waals surface area contributed by atoms with E-state index in [1.807, 2.05) is 20.8 Å². The van der Waals surface area contributed by atoms with Crippen LogP contribution in [-0.2, 0) is 14.3 Å². The molecule has 0 bridgehead atoms. The Balaban J connectivity index is 0.000000648. The molecule has 24 heavy (non-hydrogen) atoms. The molecule has 0 aromatic carbocycles. The molecule has 1 aliphatic rings. The number of aromatic nitrogens is 1. The maximum absolute atomic E-state index is 13.4. The average Bonchev–Trinajstić information content (AvgIpc) is 2.97.